The van der Waals surface area contributed by atoms with Crippen LogP contribution in [0.15, 0.2) is 24.3 Å². The number of nitrogens with zero attached hydrogens (tertiary/aromatic N) is 1. The quantitative estimate of drug-likeness (QED) is 0.740. The number of amides is 1. The van der Waals surface area contributed by atoms with Gasteiger partial charge in [0, 0.05) is 23.8 Å². The average Bonchev–Trinajstić information content (AvgIpc) is 3.09. The van der Waals surface area contributed by atoms with Crippen LogP contribution in [-0.4, -0.2) is 35.1 Å². The number of aliphatic hydroxyl groups excluding tert-OH is 1. The molecule has 0 bridgehead atoms. The lowest BCUT2D eigenvalue weighted by molar-refractivity contribution is 0.0707. The van der Waals surface area contributed by atoms with Crippen molar-refractivity contribution in [3.05, 3.63) is 29.8 Å². The second-order valence-electron chi connectivity index (χ2n) is 4.08. The summed E-state index contributed by atoms with van der Waals surface area (Å²) in [6.45, 7) is 0.406. The lowest BCUT2D eigenvalue weighted by Crippen LogP contribution is -2.35. The van der Waals surface area contributed by atoms with Gasteiger partial charge in [-0.15, -0.1) is 0 Å². The van der Waals surface area contributed by atoms with Crippen LogP contribution in [0, 0.1) is 0 Å². The number of carbonyl (C=O) groups is 1. The number of benzene rings is 1. The molecule has 0 aromatic heterocycles. The number of aliphatic hydroxyl groups is 1. The van der Waals surface area contributed by atoms with Crippen molar-refractivity contribution < 1.29 is 9.90 Å². The molecule has 0 saturated heterocycles. The van der Waals surface area contributed by atoms with Gasteiger partial charge in [-0.25, -0.2) is 0 Å². The first-order valence-corrected chi connectivity index (χ1v) is 5.49. The van der Waals surface area contributed by atoms with Crippen molar-refractivity contribution in [3.63, 3.8) is 0 Å². The first kappa shape index (κ1) is 11.0. The molecule has 1 aromatic rings. The molecule has 4 nitrogen and oxygen atoms in total. The maximum atomic E-state index is 12.1. The van der Waals surface area contributed by atoms with E-state index in [0.29, 0.717) is 23.8 Å². The van der Waals surface area contributed by atoms with Crippen molar-refractivity contribution in [1.29, 1.82) is 0 Å². The molecule has 1 aromatic carbocycles. The normalized spacial score (nSPS) is 14.8. The largest absolute Gasteiger partial charge is 0.399 e. The Kier molecular flexibility index (Phi) is 3.10. The Morgan fingerprint density at radius 3 is 2.81 bits per heavy atom. The van der Waals surface area contributed by atoms with Gasteiger partial charge in [-0.2, -0.15) is 0 Å². The van der Waals surface area contributed by atoms with E-state index in [-0.39, 0.29) is 12.5 Å². The molecular formula is C12H16N2O2. The number of anilines is 1. The molecule has 0 unspecified atom stereocenters. The Hall–Kier alpha value is -1.55. The molecule has 2 rings (SSSR count). The zero-order valence-corrected chi connectivity index (χ0v) is 9.10. The summed E-state index contributed by atoms with van der Waals surface area (Å²) in [6.07, 6.45) is 2.07. The lowest BCUT2D eigenvalue weighted by Gasteiger charge is -2.21. The first-order chi connectivity index (χ1) is 7.72. The summed E-state index contributed by atoms with van der Waals surface area (Å²) in [7, 11) is 0. The van der Waals surface area contributed by atoms with Crippen LogP contribution in [0.2, 0.25) is 0 Å². The highest BCUT2D eigenvalue weighted by molar-refractivity contribution is 5.95. The van der Waals surface area contributed by atoms with Crippen LogP contribution in [0.1, 0.15) is 23.2 Å². The Morgan fingerprint density at radius 1 is 1.50 bits per heavy atom. The molecule has 0 atom stereocenters. The highest BCUT2D eigenvalue weighted by atomic mass is 16.3. The van der Waals surface area contributed by atoms with Gasteiger partial charge in [0.25, 0.3) is 5.91 Å². The zero-order chi connectivity index (χ0) is 11.5. The Balaban J connectivity index is 2.15. The second kappa shape index (κ2) is 4.53. The standard InChI is InChI=1S/C12H16N2O2/c13-10-3-1-2-9(8-10)12(16)14(6-7-15)11-4-5-11/h1-3,8,11,15H,4-7,13H2. The van der Waals surface area contributed by atoms with Crippen LogP contribution >= 0.6 is 0 Å². The second-order valence-corrected chi connectivity index (χ2v) is 4.08. The van der Waals surface area contributed by atoms with Crippen molar-refractivity contribution in [1.82, 2.24) is 4.90 Å². The van der Waals surface area contributed by atoms with Gasteiger partial charge in [-0.1, -0.05) is 6.07 Å². The van der Waals surface area contributed by atoms with E-state index < -0.39 is 0 Å². The van der Waals surface area contributed by atoms with Crippen LogP contribution in [0.4, 0.5) is 5.69 Å². The van der Waals surface area contributed by atoms with Crippen molar-refractivity contribution in [2.45, 2.75) is 18.9 Å². The van der Waals surface area contributed by atoms with Gasteiger partial charge in [0.2, 0.25) is 0 Å². The van der Waals surface area contributed by atoms with E-state index in [2.05, 4.69) is 0 Å². The van der Waals surface area contributed by atoms with Gasteiger partial charge in [0.1, 0.15) is 0 Å². The summed E-state index contributed by atoms with van der Waals surface area (Å²) < 4.78 is 0. The molecule has 0 radical (unpaired) electrons. The van der Waals surface area contributed by atoms with Crippen LogP contribution in [0.25, 0.3) is 0 Å². The fourth-order valence-corrected chi connectivity index (χ4v) is 1.78. The molecule has 0 spiro atoms. The Bertz CT molecular complexity index is 388. The highest BCUT2D eigenvalue weighted by Crippen LogP contribution is 2.28. The van der Waals surface area contributed by atoms with Crippen molar-refractivity contribution in [2.24, 2.45) is 0 Å². The zero-order valence-electron chi connectivity index (χ0n) is 9.10. The smallest absolute Gasteiger partial charge is 0.254 e. The summed E-state index contributed by atoms with van der Waals surface area (Å²) in [6, 6.07) is 7.26. The summed E-state index contributed by atoms with van der Waals surface area (Å²) in [5, 5.41) is 8.95. The molecule has 1 aliphatic rings. The average molecular weight is 220 g/mol. The van der Waals surface area contributed by atoms with Gasteiger partial charge in [0.05, 0.1) is 6.61 Å². The molecule has 3 N–H and O–H groups in total. The topological polar surface area (TPSA) is 66.6 Å². The van der Waals surface area contributed by atoms with Crippen molar-refractivity contribution in [2.75, 3.05) is 18.9 Å². The molecule has 0 aliphatic heterocycles. The Labute approximate surface area is 94.7 Å². The van der Waals surface area contributed by atoms with E-state index in [0.717, 1.165) is 12.8 Å². The third-order valence-corrected chi connectivity index (χ3v) is 2.72. The number of nitrogen functional groups attached to an aromatic ring is 1. The molecule has 0 heterocycles. The molecule has 1 amide bonds. The minimum Gasteiger partial charge on any atom is -0.399 e. The third kappa shape index (κ3) is 2.33. The Morgan fingerprint density at radius 2 is 2.25 bits per heavy atom. The van der Waals surface area contributed by atoms with Crippen LogP contribution in [-0.2, 0) is 0 Å². The highest BCUT2D eigenvalue weighted by Gasteiger charge is 2.32. The molecule has 1 fully saturated rings. The predicted octanol–water partition coefficient (Wildman–Crippen LogP) is 0.866. The van der Waals surface area contributed by atoms with Crippen LogP contribution in [0.3, 0.4) is 0 Å². The number of hydrogen-bond donors (Lipinski definition) is 2. The minimum atomic E-state index is -0.0381. The SMILES string of the molecule is Nc1cccc(C(=O)N(CCO)C2CC2)c1. The molecular weight excluding hydrogens is 204 g/mol. The van der Waals surface area contributed by atoms with E-state index >= 15 is 0 Å². The third-order valence-electron chi connectivity index (χ3n) is 2.72. The fourth-order valence-electron chi connectivity index (χ4n) is 1.78. The predicted molar refractivity (Wildman–Crippen MR) is 62.0 cm³/mol. The lowest BCUT2D eigenvalue weighted by atomic mass is 10.1. The van der Waals surface area contributed by atoms with Gasteiger partial charge in [0.15, 0.2) is 0 Å². The number of hydrogen-bond acceptors (Lipinski definition) is 3. The van der Waals surface area contributed by atoms with Crippen LogP contribution < -0.4 is 5.73 Å². The van der Waals surface area contributed by atoms with Crippen LogP contribution in [0.5, 0.6) is 0 Å². The van der Waals surface area contributed by atoms with Gasteiger partial charge >= 0.3 is 0 Å². The number of nitrogens with two attached hydrogens (primary N) is 1. The van der Waals surface area contributed by atoms with E-state index in [1.54, 1.807) is 29.2 Å². The summed E-state index contributed by atoms with van der Waals surface area (Å²) >= 11 is 0. The minimum absolute atomic E-state index is 0.00452. The fraction of sp³-hybridized carbons (Fsp3) is 0.417. The maximum absolute atomic E-state index is 12.1. The molecule has 1 saturated carbocycles. The molecule has 86 valence electrons. The van der Waals surface area contributed by atoms with E-state index in [4.69, 9.17) is 10.8 Å². The van der Waals surface area contributed by atoms with E-state index in [9.17, 15) is 4.79 Å². The number of rotatable bonds is 4. The van der Waals surface area contributed by atoms with Gasteiger partial charge in [-0.3, -0.25) is 4.79 Å². The van der Waals surface area contributed by atoms with Crippen molar-refractivity contribution in [3.8, 4) is 0 Å². The molecule has 1 aliphatic carbocycles. The monoisotopic (exact) mass is 220 g/mol. The maximum Gasteiger partial charge on any atom is 0.254 e. The van der Waals surface area contributed by atoms with E-state index in [1.165, 1.54) is 0 Å². The van der Waals surface area contributed by atoms with E-state index in [1.807, 2.05) is 0 Å². The summed E-state index contributed by atoms with van der Waals surface area (Å²) in [5.74, 6) is -0.0381. The van der Waals surface area contributed by atoms with Crippen molar-refractivity contribution >= 4 is 11.6 Å². The van der Waals surface area contributed by atoms with Gasteiger partial charge < -0.3 is 15.7 Å². The molecule has 16 heavy (non-hydrogen) atoms. The molecule has 4 heteroatoms. The first-order valence-electron chi connectivity index (χ1n) is 5.49. The van der Waals surface area contributed by atoms with Gasteiger partial charge in [-0.05, 0) is 31.0 Å². The summed E-state index contributed by atoms with van der Waals surface area (Å²) in [5.41, 5.74) is 6.83. The summed E-state index contributed by atoms with van der Waals surface area (Å²) in [4.78, 5) is 13.9. The number of carbonyl (C=O) groups excluding carboxylic acids is 1.